The molecule has 0 aliphatic rings. The highest BCUT2D eigenvalue weighted by Gasteiger charge is 2.01. The first-order chi connectivity index (χ1) is 11.1. The maximum absolute atomic E-state index is 12.9. The Morgan fingerprint density at radius 2 is 1.71 bits per heavy atom. The summed E-state index contributed by atoms with van der Waals surface area (Å²) < 4.78 is 12.9. The molecule has 0 radical (unpaired) electrons. The summed E-state index contributed by atoms with van der Waals surface area (Å²) in [5, 5.41) is 13.1. The lowest BCUT2D eigenvalue weighted by atomic mass is 10.1. The van der Waals surface area contributed by atoms with E-state index in [0.29, 0.717) is 19.0 Å². The number of hydrogen-bond acceptors (Lipinski definition) is 2. The van der Waals surface area contributed by atoms with Crippen molar-refractivity contribution in [1.29, 1.82) is 5.41 Å². The Labute approximate surface area is 147 Å². The van der Waals surface area contributed by atoms with Crippen LogP contribution in [0.3, 0.4) is 0 Å². The molecule has 0 unspecified atom stereocenters. The number of benzene rings is 2. The van der Waals surface area contributed by atoms with Gasteiger partial charge in [0.25, 0.3) is 0 Å². The fourth-order valence-corrected chi connectivity index (χ4v) is 2.00. The van der Waals surface area contributed by atoms with Crippen molar-refractivity contribution in [3.63, 3.8) is 0 Å². The Morgan fingerprint density at radius 1 is 1.04 bits per heavy atom. The van der Waals surface area contributed by atoms with Gasteiger partial charge in [0.05, 0.1) is 6.54 Å². The van der Waals surface area contributed by atoms with E-state index in [1.54, 1.807) is 12.1 Å². The first-order valence-corrected chi connectivity index (χ1v) is 7.31. The van der Waals surface area contributed by atoms with Crippen LogP contribution in [0.25, 0.3) is 0 Å². The number of nitrogens with one attached hydrogen (secondary N) is 3. The van der Waals surface area contributed by atoms with Crippen molar-refractivity contribution in [2.75, 3.05) is 6.54 Å². The fraction of sp³-hybridized carbons (Fsp3) is 0.176. The molecule has 24 heavy (non-hydrogen) atoms. The minimum Gasteiger partial charge on any atom is -0.370 e. The molecule has 0 fully saturated rings. The van der Waals surface area contributed by atoms with Crippen molar-refractivity contribution in [2.24, 2.45) is 10.7 Å². The van der Waals surface area contributed by atoms with Crippen LogP contribution in [0.1, 0.15) is 11.1 Å². The van der Waals surface area contributed by atoms with Crippen LogP contribution in [0.2, 0.25) is 0 Å². The van der Waals surface area contributed by atoms with E-state index in [-0.39, 0.29) is 24.2 Å². The van der Waals surface area contributed by atoms with Gasteiger partial charge in [0.2, 0.25) is 0 Å². The number of nitrogens with zero attached hydrogens (tertiary/aromatic N) is 1. The maximum atomic E-state index is 12.9. The quantitative estimate of drug-likeness (QED) is 0.494. The summed E-state index contributed by atoms with van der Waals surface area (Å²) in [6.07, 6.45) is 0.829. The molecule has 0 aliphatic heterocycles. The van der Waals surface area contributed by atoms with Crippen LogP contribution in [0.15, 0.2) is 59.6 Å². The van der Waals surface area contributed by atoms with Gasteiger partial charge in [-0.25, -0.2) is 9.38 Å². The van der Waals surface area contributed by atoms with E-state index in [9.17, 15) is 4.39 Å². The average molecular weight is 350 g/mol. The summed E-state index contributed by atoms with van der Waals surface area (Å²) in [5.41, 5.74) is 7.45. The second kappa shape index (κ2) is 10.2. The molecule has 0 heterocycles. The van der Waals surface area contributed by atoms with Crippen molar-refractivity contribution in [2.45, 2.75) is 13.0 Å². The zero-order valence-corrected chi connectivity index (χ0v) is 13.9. The number of halogens is 2. The topological polar surface area (TPSA) is 86.3 Å². The Bertz CT molecular complexity index is 658. The standard InChI is InChI=1S/C17H20FN5.ClH/c18-15-8-6-14(7-9-15)12-22-17(23-16(19)20)21-11-10-13-4-2-1-3-5-13;/h1-9H,10-12H2,(H5,19,20,21,22,23);1H. The number of rotatable bonds is 5. The summed E-state index contributed by atoms with van der Waals surface area (Å²) in [6, 6.07) is 16.2. The summed E-state index contributed by atoms with van der Waals surface area (Å²) >= 11 is 0. The smallest absolute Gasteiger partial charge is 0.198 e. The van der Waals surface area contributed by atoms with Crippen LogP contribution in [-0.4, -0.2) is 18.5 Å². The molecule has 128 valence electrons. The first kappa shape index (κ1) is 19.4. The molecule has 5 nitrogen and oxygen atoms in total. The minimum absolute atomic E-state index is 0. The lowest BCUT2D eigenvalue weighted by molar-refractivity contribution is 0.627. The second-order valence-corrected chi connectivity index (χ2v) is 4.99. The van der Waals surface area contributed by atoms with E-state index < -0.39 is 0 Å². The van der Waals surface area contributed by atoms with Crippen LogP contribution in [0, 0.1) is 11.2 Å². The predicted octanol–water partition coefficient (Wildman–Crippen LogP) is 2.42. The largest absolute Gasteiger partial charge is 0.370 e. The predicted molar refractivity (Wildman–Crippen MR) is 98.0 cm³/mol. The van der Waals surface area contributed by atoms with E-state index in [1.165, 1.54) is 17.7 Å². The van der Waals surface area contributed by atoms with E-state index >= 15 is 0 Å². The number of hydrogen-bond donors (Lipinski definition) is 4. The van der Waals surface area contributed by atoms with Crippen LogP contribution in [-0.2, 0) is 13.0 Å². The van der Waals surface area contributed by atoms with Gasteiger partial charge >= 0.3 is 0 Å². The normalized spacial score (nSPS) is 10.6. The Kier molecular flexibility index (Phi) is 8.29. The fourth-order valence-electron chi connectivity index (χ4n) is 2.00. The lowest BCUT2D eigenvalue weighted by Crippen LogP contribution is -2.44. The molecule has 7 heteroatoms. The van der Waals surface area contributed by atoms with Crippen molar-refractivity contribution in [3.8, 4) is 0 Å². The SMILES string of the molecule is Cl.N=C(N)NC(=NCc1ccc(F)cc1)NCCc1ccccc1. The lowest BCUT2D eigenvalue weighted by Gasteiger charge is -2.11. The zero-order valence-electron chi connectivity index (χ0n) is 13.1. The molecule has 0 amide bonds. The average Bonchev–Trinajstić information content (AvgIpc) is 2.54. The molecular formula is C17H21ClFN5. The molecule has 0 spiro atoms. The highest BCUT2D eigenvalue weighted by atomic mass is 35.5. The first-order valence-electron chi connectivity index (χ1n) is 7.31. The van der Waals surface area contributed by atoms with Gasteiger partial charge in [-0.3, -0.25) is 10.7 Å². The van der Waals surface area contributed by atoms with Gasteiger partial charge in [0.15, 0.2) is 11.9 Å². The molecule has 0 aliphatic carbocycles. The summed E-state index contributed by atoms with van der Waals surface area (Å²) in [4.78, 5) is 4.35. The van der Waals surface area contributed by atoms with Gasteiger partial charge < -0.3 is 11.1 Å². The minimum atomic E-state index is -0.277. The Balaban J connectivity index is 0.00000288. The van der Waals surface area contributed by atoms with Crippen molar-refractivity contribution in [1.82, 2.24) is 10.6 Å². The van der Waals surface area contributed by atoms with Gasteiger partial charge in [-0.05, 0) is 29.7 Å². The molecule has 2 aromatic rings. The molecular weight excluding hydrogens is 329 g/mol. The van der Waals surface area contributed by atoms with Gasteiger partial charge in [-0.1, -0.05) is 42.5 Å². The van der Waals surface area contributed by atoms with Crippen LogP contribution in [0.5, 0.6) is 0 Å². The molecule has 0 aromatic heterocycles. The number of guanidine groups is 2. The van der Waals surface area contributed by atoms with Crippen molar-refractivity contribution < 1.29 is 4.39 Å². The Morgan fingerprint density at radius 3 is 2.33 bits per heavy atom. The van der Waals surface area contributed by atoms with Crippen LogP contribution in [0.4, 0.5) is 4.39 Å². The monoisotopic (exact) mass is 349 g/mol. The molecule has 0 atom stereocenters. The molecule has 0 saturated heterocycles. The van der Waals surface area contributed by atoms with Gasteiger partial charge in [0.1, 0.15) is 5.82 Å². The number of nitrogens with two attached hydrogens (primary N) is 1. The van der Waals surface area contributed by atoms with Gasteiger partial charge in [-0.2, -0.15) is 0 Å². The Hall–Kier alpha value is -2.60. The van der Waals surface area contributed by atoms with Crippen molar-refractivity contribution >= 4 is 24.3 Å². The third kappa shape index (κ3) is 7.11. The third-order valence-corrected chi connectivity index (χ3v) is 3.14. The van der Waals surface area contributed by atoms with E-state index in [2.05, 4.69) is 27.8 Å². The molecule has 2 rings (SSSR count). The zero-order chi connectivity index (χ0) is 16.5. The van der Waals surface area contributed by atoms with Crippen LogP contribution < -0.4 is 16.4 Å². The maximum Gasteiger partial charge on any atom is 0.198 e. The highest BCUT2D eigenvalue weighted by molar-refractivity contribution is 5.96. The molecule has 2 aromatic carbocycles. The van der Waals surface area contributed by atoms with E-state index in [1.807, 2.05) is 18.2 Å². The summed E-state index contributed by atoms with van der Waals surface area (Å²) in [6.45, 7) is 1.03. The summed E-state index contributed by atoms with van der Waals surface area (Å²) in [7, 11) is 0. The summed E-state index contributed by atoms with van der Waals surface area (Å²) in [5.74, 6) is -0.0337. The van der Waals surface area contributed by atoms with Gasteiger partial charge in [0, 0.05) is 6.54 Å². The van der Waals surface area contributed by atoms with E-state index in [0.717, 1.165) is 12.0 Å². The van der Waals surface area contributed by atoms with Crippen molar-refractivity contribution in [3.05, 3.63) is 71.5 Å². The third-order valence-electron chi connectivity index (χ3n) is 3.14. The second-order valence-electron chi connectivity index (χ2n) is 4.99. The highest BCUT2D eigenvalue weighted by Crippen LogP contribution is 2.04. The molecule has 0 bridgehead atoms. The van der Waals surface area contributed by atoms with Gasteiger partial charge in [-0.15, -0.1) is 12.4 Å². The number of aliphatic imine (C=N–C) groups is 1. The molecule has 0 saturated carbocycles. The molecule has 5 N–H and O–H groups in total. The van der Waals surface area contributed by atoms with Crippen LogP contribution >= 0.6 is 12.4 Å². The van der Waals surface area contributed by atoms with E-state index in [4.69, 9.17) is 11.1 Å².